The Labute approximate surface area is 108 Å². The van der Waals surface area contributed by atoms with Gasteiger partial charge in [0, 0.05) is 18.8 Å². The predicted molar refractivity (Wildman–Crippen MR) is 74.4 cm³/mol. The van der Waals surface area contributed by atoms with Crippen LogP contribution >= 0.6 is 11.8 Å². The number of rotatable bonds is 5. The van der Waals surface area contributed by atoms with Crippen molar-refractivity contribution >= 4 is 22.8 Å². The van der Waals surface area contributed by atoms with Crippen LogP contribution in [0.25, 0.3) is 0 Å². The van der Waals surface area contributed by atoms with Crippen molar-refractivity contribution in [2.75, 3.05) is 20.1 Å². The number of hydrogen-bond donors (Lipinski definition) is 2. The SMILES string of the molecule is CCCC1CN=C(NCC(C)(C)C(=O)NC)S1. The van der Waals surface area contributed by atoms with Crippen LogP contribution in [0, 0.1) is 5.41 Å². The normalized spacial score (nSPS) is 20.0. The quantitative estimate of drug-likeness (QED) is 0.787. The van der Waals surface area contributed by atoms with Crippen molar-refractivity contribution in [2.45, 2.75) is 38.9 Å². The highest BCUT2D eigenvalue weighted by atomic mass is 32.2. The van der Waals surface area contributed by atoms with Gasteiger partial charge in [0.25, 0.3) is 0 Å². The number of thioether (sulfide) groups is 1. The molecule has 2 N–H and O–H groups in total. The zero-order valence-electron chi connectivity index (χ0n) is 11.2. The van der Waals surface area contributed by atoms with E-state index < -0.39 is 5.41 Å². The van der Waals surface area contributed by atoms with Crippen molar-refractivity contribution in [3.05, 3.63) is 0 Å². The van der Waals surface area contributed by atoms with Crippen LogP contribution in [0.5, 0.6) is 0 Å². The van der Waals surface area contributed by atoms with E-state index in [2.05, 4.69) is 22.5 Å². The van der Waals surface area contributed by atoms with E-state index in [9.17, 15) is 4.79 Å². The number of nitrogens with one attached hydrogen (secondary N) is 2. The van der Waals surface area contributed by atoms with E-state index in [-0.39, 0.29) is 5.91 Å². The number of nitrogens with zero attached hydrogens (tertiary/aromatic N) is 1. The van der Waals surface area contributed by atoms with Gasteiger partial charge in [0.1, 0.15) is 0 Å². The minimum atomic E-state index is -0.402. The lowest BCUT2D eigenvalue weighted by Crippen LogP contribution is -2.43. The Balaban J connectivity index is 2.35. The van der Waals surface area contributed by atoms with Crippen molar-refractivity contribution in [1.82, 2.24) is 10.6 Å². The summed E-state index contributed by atoms with van der Waals surface area (Å²) < 4.78 is 0. The van der Waals surface area contributed by atoms with E-state index in [1.807, 2.05) is 13.8 Å². The lowest BCUT2D eigenvalue weighted by atomic mass is 9.92. The van der Waals surface area contributed by atoms with Crippen molar-refractivity contribution < 1.29 is 4.79 Å². The highest BCUT2D eigenvalue weighted by Gasteiger charge is 2.28. The van der Waals surface area contributed by atoms with Crippen LogP contribution in [0.2, 0.25) is 0 Å². The van der Waals surface area contributed by atoms with E-state index in [4.69, 9.17) is 0 Å². The third-order valence-corrected chi connectivity index (χ3v) is 4.07. The summed E-state index contributed by atoms with van der Waals surface area (Å²) in [7, 11) is 1.67. The second-order valence-electron chi connectivity index (χ2n) is 4.99. The zero-order chi connectivity index (χ0) is 12.9. The second kappa shape index (κ2) is 6.28. The molecule has 0 radical (unpaired) electrons. The first-order chi connectivity index (χ1) is 7.99. The monoisotopic (exact) mass is 257 g/mol. The molecule has 0 saturated heterocycles. The topological polar surface area (TPSA) is 53.5 Å². The average molecular weight is 257 g/mol. The van der Waals surface area contributed by atoms with Gasteiger partial charge >= 0.3 is 0 Å². The third kappa shape index (κ3) is 4.22. The highest BCUT2D eigenvalue weighted by Crippen LogP contribution is 2.24. The van der Waals surface area contributed by atoms with Gasteiger partial charge in [-0.05, 0) is 20.3 Å². The van der Waals surface area contributed by atoms with Gasteiger partial charge in [-0.15, -0.1) is 0 Å². The molecule has 1 amide bonds. The fourth-order valence-electron chi connectivity index (χ4n) is 1.70. The average Bonchev–Trinajstić information content (AvgIpc) is 2.74. The first-order valence-electron chi connectivity index (χ1n) is 6.16. The summed E-state index contributed by atoms with van der Waals surface area (Å²) in [5.41, 5.74) is -0.402. The van der Waals surface area contributed by atoms with Crippen LogP contribution in [-0.2, 0) is 4.79 Å². The Kier molecular flexibility index (Phi) is 5.31. The van der Waals surface area contributed by atoms with Crippen molar-refractivity contribution in [3.8, 4) is 0 Å². The number of aliphatic imine (C=N–C) groups is 1. The van der Waals surface area contributed by atoms with Crippen molar-refractivity contribution in [2.24, 2.45) is 10.4 Å². The molecule has 1 rings (SSSR count). The van der Waals surface area contributed by atoms with Crippen molar-refractivity contribution in [1.29, 1.82) is 0 Å². The molecule has 1 aliphatic rings. The number of carbonyl (C=O) groups is 1. The highest BCUT2D eigenvalue weighted by molar-refractivity contribution is 8.14. The van der Waals surface area contributed by atoms with E-state index in [1.54, 1.807) is 18.8 Å². The van der Waals surface area contributed by atoms with Crippen LogP contribution < -0.4 is 10.6 Å². The Morgan fingerprint density at radius 1 is 1.59 bits per heavy atom. The summed E-state index contributed by atoms with van der Waals surface area (Å²) in [6.45, 7) is 7.59. The van der Waals surface area contributed by atoms with Gasteiger partial charge in [-0.3, -0.25) is 9.79 Å². The van der Waals surface area contributed by atoms with Gasteiger partial charge in [0.05, 0.1) is 12.0 Å². The van der Waals surface area contributed by atoms with Crippen molar-refractivity contribution in [3.63, 3.8) is 0 Å². The maximum absolute atomic E-state index is 11.6. The molecule has 0 bridgehead atoms. The van der Waals surface area contributed by atoms with Gasteiger partial charge < -0.3 is 10.6 Å². The summed E-state index contributed by atoms with van der Waals surface area (Å²) in [5.74, 6) is 0.0544. The van der Waals surface area contributed by atoms with Crippen LogP contribution in [0.1, 0.15) is 33.6 Å². The smallest absolute Gasteiger partial charge is 0.227 e. The molecule has 0 saturated carbocycles. The van der Waals surface area contributed by atoms with Gasteiger partial charge in [-0.25, -0.2) is 0 Å². The number of amides is 1. The molecular formula is C12H23N3OS. The third-order valence-electron chi connectivity index (χ3n) is 2.85. The fourth-order valence-corrected chi connectivity index (χ4v) is 2.83. The predicted octanol–water partition coefficient (Wildman–Crippen LogP) is 1.62. The summed E-state index contributed by atoms with van der Waals surface area (Å²) in [5, 5.41) is 7.56. The Morgan fingerprint density at radius 2 is 2.29 bits per heavy atom. The molecule has 0 aromatic heterocycles. The summed E-state index contributed by atoms with van der Waals surface area (Å²) in [6.07, 6.45) is 2.41. The minimum Gasteiger partial charge on any atom is -0.364 e. The molecule has 0 fully saturated rings. The molecule has 0 spiro atoms. The van der Waals surface area contributed by atoms with Gasteiger partial charge in [-0.1, -0.05) is 25.1 Å². The number of hydrogen-bond acceptors (Lipinski definition) is 4. The maximum atomic E-state index is 11.6. The first-order valence-corrected chi connectivity index (χ1v) is 7.04. The summed E-state index contributed by atoms with van der Waals surface area (Å²) in [6, 6.07) is 0. The molecule has 1 heterocycles. The zero-order valence-corrected chi connectivity index (χ0v) is 12.0. The lowest BCUT2D eigenvalue weighted by Gasteiger charge is -2.23. The molecule has 1 atom stereocenters. The summed E-state index contributed by atoms with van der Waals surface area (Å²) >= 11 is 1.80. The van der Waals surface area contributed by atoms with E-state index in [0.717, 1.165) is 11.7 Å². The molecule has 0 aliphatic carbocycles. The molecule has 17 heavy (non-hydrogen) atoms. The Hall–Kier alpha value is -0.710. The number of amidine groups is 1. The second-order valence-corrected chi connectivity index (χ2v) is 6.28. The van der Waals surface area contributed by atoms with Gasteiger partial charge in [0.2, 0.25) is 5.91 Å². The molecule has 0 aromatic carbocycles. The molecule has 5 heteroatoms. The first kappa shape index (κ1) is 14.4. The molecule has 4 nitrogen and oxygen atoms in total. The number of carbonyl (C=O) groups excluding carboxylic acids is 1. The van der Waals surface area contributed by atoms with Crippen LogP contribution in [0.15, 0.2) is 4.99 Å². The molecule has 1 unspecified atom stereocenters. The van der Waals surface area contributed by atoms with E-state index in [1.165, 1.54) is 12.8 Å². The Morgan fingerprint density at radius 3 is 2.88 bits per heavy atom. The van der Waals surface area contributed by atoms with E-state index in [0.29, 0.717) is 11.8 Å². The summed E-state index contributed by atoms with van der Waals surface area (Å²) in [4.78, 5) is 16.1. The van der Waals surface area contributed by atoms with Gasteiger partial charge in [-0.2, -0.15) is 0 Å². The van der Waals surface area contributed by atoms with Crippen LogP contribution in [0.3, 0.4) is 0 Å². The van der Waals surface area contributed by atoms with Crippen LogP contribution in [-0.4, -0.2) is 36.5 Å². The minimum absolute atomic E-state index is 0.0544. The molecule has 0 aromatic rings. The largest absolute Gasteiger partial charge is 0.364 e. The van der Waals surface area contributed by atoms with Crippen LogP contribution in [0.4, 0.5) is 0 Å². The van der Waals surface area contributed by atoms with Gasteiger partial charge in [0.15, 0.2) is 5.17 Å². The molecule has 98 valence electrons. The van der Waals surface area contributed by atoms with E-state index >= 15 is 0 Å². The fraction of sp³-hybridized carbons (Fsp3) is 0.833. The lowest BCUT2D eigenvalue weighted by molar-refractivity contribution is -0.128. The maximum Gasteiger partial charge on any atom is 0.227 e. The Bertz CT molecular complexity index is 302. The molecular weight excluding hydrogens is 234 g/mol. The standard InChI is InChI=1S/C12H23N3OS/c1-5-6-9-7-14-11(17-9)15-8-12(2,3)10(16)13-4/h9H,5-8H2,1-4H3,(H,13,16)(H,14,15). The molecule has 1 aliphatic heterocycles.